The van der Waals surface area contributed by atoms with Crippen molar-refractivity contribution in [3.8, 4) is 0 Å². The molecule has 2 N–H and O–H groups in total. The first-order valence-electron chi connectivity index (χ1n) is 6.29. The Morgan fingerprint density at radius 2 is 2.11 bits per heavy atom. The fraction of sp³-hybridized carbons (Fsp3) is 0.429. The van der Waals surface area contributed by atoms with Crippen LogP contribution in [0.2, 0.25) is 0 Å². The molecule has 0 saturated heterocycles. The number of aliphatic carboxylic acids is 1. The van der Waals surface area contributed by atoms with Gasteiger partial charge in [0.05, 0.1) is 11.5 Å². The Balaban J connectivity index is 2.12. The average Bonchev–Trinajstić information content (AvgIpc) is 2.80. The lowest BCUT2D eigenvalue weighted by atomic mass is 10.0. The molecule has 102 valence electrons. The Hall–Kier alpha value is -1.91. The van der Waals surface area contributed by atoms with Crippen molar-refractivity contribution in [1.82, 2.24) is 5.32 Å². The van der Waals surface area contributed by atoms with Gasteiger partial charge in [0, 0.05) is 6.04 Å². The highest BCUT2D eigenvalue weighted by atomic mass is 19.1. The van der Waals surface area contributed by atoms with E-state index in [1.807, 2.05) is 0 Å². The largest absolute Gasteiger partial charge is 0.481 e. The Labute approximate surface area is 110 Å². The van der Waals surface area contributed by atoms with E-state index in [1.54, 1.807) is 13.0 Å². The van der Waals surface area contributed by atoms with Gasteiger partial charge < -0.3 is 10.4 Å². The van der Waals surface area contributed by atoms with E-state index in [0.717, 1.165) is 12.0 Å². The molecule has 19 heavy (non-hydrogen) atoms. The van der Waals surface area contributed by atoms with E-state index in [9.17, 15) is 14.0 Å². The molecular formula is C14H16FNO3. The minimum Gasteiger partial charge on any atom is -0.481 e. The molecule has 1 saturated carbocycles. The number of carboxylic acid groups (broad SMARTS) is 1. The Morgan fingerprint density at radius 1 is 1.37 bits per heavy atom. The van der Waals surface area contributed by atoms with Crippen molar-refractivity contribution in [2.45, 2.75) is 32.2 Å². The quantitative estimate of drug-likeness (QED) is 0.879. The molecule has 2 atom stereocenters. The van der Waals surface area contributed by atoms with Gasteiger partial charge in [0.15, 0.2) is 0 Å². The number of amides is 1. The molecule has 1 aliphatic carbocycles. The fourth-order valence-corrected chi connectivity index (χ4v) is 2.49. The van der Waals surface area contributed by atoms with Crippen LogP contribution in [0.3, 0.4) is 0 Å². The first-order valence-corrected chi connectivity index (χ1v) is 6.29. The van der Waals surface area contributed by atoms with Gasteiger partial charge in [-0.2, -0.15) is 0 Å². The molecule has 0 bridgehead atoms. The summed E-state index contributed by atoms with van der Waals surface area (Å²) in [5.74, 6) is -2.61. The van der Waals surface area contributed by atoms with Gasteiger partial charge in [-0.15, -0.1) is 0 Å². The van der Waals surface area contributed by atoms with Crippen molar-refractivity contribution in [2.24, 2.45) is 5.92 Å². The number of halogens is 1. The van der Waals surface area contributed by atoms with Gasteiger partial charge in [-0.25, -0.2) is 4.39 Å². The maximum absolute atomic E-state index is 13.6. The Kier molecular flexibility index (Phi) is 3.83. The minimum absolute atomic E-state index is 0.0314. The third kappa shape index (κ3) is 2.92. The van der Waals surface area contributed by atoms with Crippen molar-refractivity contribution < 1.29 is 19.1 Å². The van der Waals surface area contributed by atoms with Crippen LogP contribution >= 0.6 is 0 Å². The topological polar surface area (TPSA) is 66.4 Å². The molecule has 1 aromatic rings. The summed E-state index contributed by atoms with van der Waals surface area (Å²) in [6.45, 7) is 1.77. The first kappa shape index (κ1) is 13.5. The molecule has 0 spiro atoms. The number of rotatable bonds is 3. The van der Waals surface area contributed by atoms with Gasteiger partial charge >= 0.3 is 5.97 Å². The number of carbonyl (C=O) groups excluding carboxylic acids is 1. The van der Waals surface area contributed by atoms with E-state index >= 15 is 0 Å². The molecule has 1 aromatic carbocycles. The maximum Gasteiger partial charge on any atom is 0.308 e. The van der Waals surface area contributed by atoms with Crippen molar-refractivity contribution in [1.29, 1.82) is 0 Å². The number of carboxylic acids is 1. The highest BCUT2D eigenvalue weighted by Crippen LogP contribution is 2.26. The van der Waals surface area contributed by atoms with Gasteiger partial charge in [0.1, 0.15) is 5.82 Å². The van der Waals surface area contributed by atoms with E-state index in [4.69, 9.17) is 5.11 Å². The van der Waals surface area contributed by atoms with E-state index in [2.05, 4.69) is 5.32 Å². The molecule has 0 aromatic heterocycles. The van der Waals surface area contributed by atoms with Crippen LogP contribution in [-0.4, -0.2) is 23.0 Å². The molecule has 4 nitrogen and oxygen atoms in total. The minimum atomic E-state index is -0.910. The molecule has 0 unspecified atom stereocenters. The monoisotopic (exact) mass is 265 g/mol. The van der Waals surface area contributed by atoms with Crippen molar-refractivity contribution in [2.75, 3.05) is 0 Å². The zero-order valence-corrected chi connectivity index (χ0v) is 10.6. The van der Waals surface area contributed by atoms with Gasteiger partial charge in [-0.1, -0.05) is 18.1 Å². The zero-order chi connectivity index (χ0) is 14.0. The lowest BCUT2D eigenvalue weighted by molar-refractivity contribution is -0.142. The van der Waals surface area contributed by atoms with Crippen LogP contribution < -0.4 is 5.32 Å². The van der Waals surface area contributed by atoms with Gasteiger partial charge in [0.2, 0.25) is 0 Å². The highest BCUT2D eigenvalue weighted by molar-refractivity contribution is 5.95. The zero-order valence-electron chi connectivity index (χ0n) is 10.6. The number of aryl methyl sites for hydroxylation is 1. The summed E-state index contributed by atoms with van der Waals surface area (Å²) >= 11 is 0. The second-order valence-corrected chi connectivity index (χ2v) is 4.94. The summed E-state index contributed by atoms with van der Waals surface area (Å²) in [5, 5.41) is 11.7. The average molecular weight is 265 g/mol. The van der Waals surface area contributed by atoms with E-state index in [1.165, 1.54) is 12.1 Å². The smallest absolute Gasteiger partial charge is 0.308 e. The van der Waals surface area contributed by atoms with Gasteiger partial charge in [-0.05, 0) is 31.9 Å². The molecule has 2 rings (SSSR count). The summed E-state index contributed by atoms with van der Waals surface area (Å²) in [4.78, 5) is 23.0. The van der Waals surface area contributed by atoms with Crippen LogP contribution in [0, 0.1) is 18.7 Å². The molecule has 1 aliphatic rings. The summed E-state index contributed by atoms with van der Waals surface area (Å²) < 4.78 is 13.6. The second-order valence-electron chi connectivity index (χ2n) is 4.94. The molecule has 5 heteroatoms. The van der Waals surface area contributed by atoms with Crippen LogP contribution in [0.5, 0.6) is 0 Å². The lowest BCUT2D eigenvalue weighted by Gasteiger charge is -2.17. The summed E-state index contributed by atoms with van der Waals surface area (Å²) in [7, 11) is 0. The molecular weight excluding hydrogens is 249 g/mol. The predicted molar refractivity (Wildman–Crippen MR) is 67.4 cm³/mol. The number of carbonyl (C=O) groups is 2. The van der Waals surface area contributed by atoms with Gasteiger partial charge in [0.25, 0.3) is 5.91 Å². The van der Waals surface area contributed by atoms with Crippen LogP contribution in [0.4, 0.5) is 4.39 Å². The van der Waals surface area contributed by atoms with Gasteiger partial charge in [-0.3, -0.25) is 9.59 Å². The standard InChI is InChI=1S/C14H16FNO3/c1-8-5-6-11(15)10(7-8)13(17)16-12-4-2-3-9(12)14(18)19/h5-7,9,12H,2-4H2,1H3,(H,16,17)(H,18,19)/t9-,12+/m0/s1. The summed E-state index contributed by atoms with van der Waals surface area (Å²) in [6, 6.07) is 3.88. The van der Waals surface area contributed by atoms with E-state index in [0.29, 0.717) is 12.8 Å². The molecule has 1 amide bonds. The third-order valence-electron chi connectivity index (χ3n) is 3.52. The number of hydrogen-bond donors (Lipinski definition) is 2. The number of hydrogen-bond acceptors (Lipinski definition) is 2. The van der Waals surface area contributed by atoms with Crippen molar-refractivity contribution >= 4 is 11.9 Å². The number of nitrogens with one attached hydrogen (secondary N) is 1. The lowest BCUT2D eigenvalue weighted by Crippen LogP contribution is -2.40. The highest BCUT2D eigenvalue weighted by Gasteiger charge is 2.34. The van der Waals surface area contributed by atoms with Crippen molar-refractivity contribution in [3.63, 3.8) is 0 Å². The maximum atomic E-state index is 13.6. The second kappa shape index (κ2) is 5.38. The van der Waals surface area contributed by atoms with Crippen LogP contribution in [-0.2, 0) is 4.79 Å². The van der Waals surface area contributed by atoms with Crippen LogP contribution in [0.25, 0.3) is 0 Å². The van der Waals surface area contributed by atoms with Crippen molar-refractivity contribution in [3.05, 3.63) is 35.1 Å². The summed E-state index contributed by atoms with van der Waals surface area (Å²) in [6.07, 6.45) is 1.94. The Morgan fingerprint density at radius 3 is 2.79 bits per heavy atom. The SMILES string of the molecule is Cc1ccc(F)c(C(=O)N[C@@H]2CCC[C@@H]2C(=O)O)c1. The van der Waals surface area contributed by atoms with E-state index < -0.39 is 29.7 Å². The summed E-state index contributed by atoms with van der Waals surface area (Å²) in [5.41, 5.74) is 0.754. The van der Waals surface area contributed by atoms with Crippen LogP contribution in [0.15, 0.2) is 18.2 Å². The molecule has 0 aliphatic heterocycles. The molecule has 1 fully saturated rings. The normalized spacial score (nSPS) is 22.2. The van der Waals surface area contributed by atoms with Crippen LogP contribution in [0.1, 0.15) is 35.2 Å². The predicted octanol–water partition coefficient (Wildman–Crippen LogP) is 2.12. The molecule has 0 radical (unpaired) electrons. The Bertz CT molecular complexity index is 515. The number of benzene rings is 1. The fourth-order valence-electron chi connectivity index (χ4n) is 2.49. The first-order chi connectivity index (χ1) is 8.99. The molecule has 0 heterocycles. The third-order valence-corrected chi connectivity index (χ3v) is 3.52. The van der Waals surface area contributed by atoms with E-state index in [-0.39, 0.29) is 5.56 Å².